The predicted octanol–water partition coefficient (Wildman–Crippen LogP) is 4.68. The van der Waals surface area contributed by atoms with Crippen LogP contribution >= 0.6 is 0 Å². The van der Waals surface area contributed by atoms with E-state index in [1.165, 1.54) is 0 Å². The fourth-order valence-corrected chi connectivity index (χ4v) is 3.04. The maximum absolute atomic E-state index is 12.5. The molecule has 2 amide bonds. The molecule has 0 aromatic heterocycles. The topological polar surface area (TPSA) is 58.2 Å². The lowest BCUT2D eigenvalue weighted by Crippen LogP contribution is -2.26. The third kappa shape index (κ3) is 5.32. The lowest BCUT2D eigenvalue weighted by molar-refractivity contribution is 0.0943. The largest absolute Gasteiger partial charge is 0.352 e. The van der Waals surface area contributed by atoms with E-state index in [9.17, 15) is 9.59 Å². The van der Waals surface area contributed by atoms with E-state index in [4.69, 9.17) is 0 Å². The lowest BCUT2D eigenvalue weighted by atomic mass is 9.98. The summed E-state index contributed by atoms with van der Waals surface area (Å²) >= 11 is 0. The van der Waals surface area contributed by atoms with Gasteiger partial charge in [-0.1, -0.05) is 63.8 Å². The van der Waals surface area contributed by atoms with Gasteiger partial charge in [0.15, 0.2) is 0 Å². The summed E-state index contributed by atoms with van der Waals surface area (Å²) in [5.41, 5.74) is 1.25. The van der Waals surface area contributed by atoms with Crippen molar-refractivity contribution in [2.45, 2.75) is 52.4 Å². The number of fused-ring (bicyclic) bond motifs is 1. The lowest BCUT2D eigenvalue weighted by Gasteiger charge is -2.12. The molecule has 0 bridgehead atoms. The van der Waals surface area contributed by atoms with E-state index in [1.54, 1.807) is 12.1 Å². The van der Waals surface area contributed by atoms with Crippen LogP contribution in [-0.2, 0) is 0 Å². The minimum Gasteiger partial charge on any atom is -0.352 e. The summed E-state index contributed by atoms with van der Waals surface area (Å²) in [6.07, 6.45) is 6.44. The first-order valence-electron chi connectivity index (χ1n) is 9.77. The normalized spacial score (nSPS) is 10.7. The molecule has 0 aliphatic carbocycles. The number of carbonyl (C=O) groups is 2. The predicted molar refractivity (Wildman–Crippen MR) is 108 cm³/mol. The highest BCUT2D eigenvalue weighted by Crippen LogP contribution is 2.23. The van der Waals surface area contributed by atoms with Crippen LogP contribution in [0.15, 0.2) is 36.4 Å². The van der Waals surface area contributed by atoms with E-state index in [-0.39, 0.29) is 11.8 Å². The van der Waals surface area contributed by atoms with Crippen LogP contribution in [0.5, 0.6) is 0 Å². The zero-order chi connectivity index (χ0) is 18.8. The van der Waals surface area contributed by atoms with Gasteiger partial charge in [-0.25, -0.2) is 0 Å². The first-order valence-corrected chi connectivity index (χ1v) is 9.77. The summed E-state index contributed by atoms with van der Waals surface area (Å²) in [5, 5.41) is 7.61. The van der Waals surface area contributed by atoms with Gasteiger partial charge < -0.3 is 10.6 Å². The van der Waals surface area contributed by atoms with Crippen LogP contribution in [0.3, 0.4) is 0 Å². The number of benzene rings is 2. The average molecular weight is 354 g/mol. The summed E-state index contributed by atoms with van der Waals surface area (Å²) in [7, 11) is 0. The molecule has 2 aromatic carbocycles. The van der Waals surface area contributed by atoms with Crippen LogP contribution in [0.25, 0.3) is 10.8 Å². The number of rotatable bonds is 10. The van der Waals surface area contributed by atoms with Crippen LogP contribution < -0.4 is 10.6 Å². The van der Waals surface area contributed by atoms with Crippen molar-refractivity contribution in [3.63, 3.8) is 0 Å². The van der Waals surface area contributed by atoms with Crippen molar-refractivity contribution in [1.82, 2.24) is 10.6 Å². The molecule has 2 N–H and O–H groups in total. The Labute approximate surface area is 156 Å². The molecular formula is C22H30N2O2. The summed E-state index contributed by atoms with van der Waals surface area (Å²) in [5.74, 6) is -0.153. The van der Waals surface area contributed by atoms with Gasteiger partial charge in [-0.15, -0.1) is 0 Å². The van der Waals surface area contributed by atoms with Gasteiger partial charge >= 0.3 is 0 Å². The summed E-state index contributed by atoms with van der Waals surface area (Å²) in [6.45, 7) is 5.64. The Hall–Kier alpha value is -2.36. The second-order valence-corrected chi connectivity index (χ2v) is 6.63. The van der Waals surface area contributed by atoms with Crippen molar-refractivity contribution in [3.8, 4) is 0 Å². The standard InChI is InChI=1S/C22H30N2O2/c1-3-5-9-15-23-21(25)19-13-14-20(18-12-8-7-11-17(18)19)22(26)24-16-10-6-4-2/h7-8,11-14H,3-6,9-10,15-16H2,1-2H3,(H,23,25)(H,24,26). The fraction of sp³-hybridized carbons (Fsp3) is 0.455. The molecule has 0 saturated carbocycles. The van der Waals surface area contributed by atoms with Gasteiger partial charge in [0.2, 0.25) is 0 Å². The van der Waals surface area contributed by atoms with Gasteiger partial charge in [0.25, 0.3) is 11.8 Å². The minimum absolute atomic E-state index is 0.0767. The van der Waals surface area contributed by atoms with Gasteiger partial charge in [0.05, 0.1) is 0 Å². The molecule has 4 heteroatoms. The highest BCUT2D eigenvalue weighted by Gasteiger charge is 2.15. The Bertz CT molecular complexity index is 677. The molecule has 26 heavy (non-hydrogen) atoms. The molecule has 2 rings (SSSR count). The Morgan fingerprint density at radius 2 is 1.12 bits per heavy atom. The van der Waals surface area contributed by atoms with Crippen molar-refractivity contribution in [2.24, 2.45) is 0 Å². The number of hydrogen-bond donors (Lipinski definition) is 2. The van der Waals surface area contributed by atoms with Crippen molar-refractivity contribution < 1.29 is 9.59 Å². The molecule has 0 unspecified atom stereocenters. The van der Waals surface area contributed by atoms with Gasteiger partial charge in [-0.3, -0.25) is 9.59 Å². The highest BCUT2D eigenvalue weighted by atomic mass is 16.2. The Morgan fingerprint density at radius 1 is 0.692 bits per heavy atom. The molecule has 0 spiro atoms. The maximum Gasteiger partial charge on any atom is 0.251 e. The summed E-state index contributed by atoms with van der Waals surface area (Å²) in [4.78, 5) is 25.1. The third-order valence-electron chi connectivity index (χ3n) is 4.55. The van der Waals surface area contributed by atoms with Crippen molar-refractivity contribution in [3.05, 3.63) is 47.5 Å². The van der Waals surface area contributed by atoms with Gasteiger partial charge in [-0.05, 0) is 35.7 Å². The van der Waals surface area contributed by atoms with Crippen LogP contribution in [0, 0.1) is 0 Å². The van der Waals surface area contributed by atoms with E-state index < -0.39 is 0 Å². The second-order valence-electron chi connectivity index (χ2n) is 6.63. The van der Waals surface area contributed by atoms with Crippen LogP contribution in [0.2, 0.25) is 0 Å². The molecule has 0 atom stereocenters. The average Bonchev–Trinajstić information content (AvgIpc) is 2.67. The van der Waals surface area contributed by atoms with Crippen molar-refractivity contribution in [2.75, 3.05) is 13.1 Å². The van der Waals surface area contributed by atoms with Crippen molar-refractivity contribution in [1.29, 1.82) is 0 Å². The number of nitrogens with one attached hydrogen (secondary N) is 2. The van der Waals surface area contributed by atoms with Crippen LogP contribution in [0.4, 0.5) is 0 Å². The van der Waals surface area contributed by atoms with Crippen LogP contribution in [0.1, 0.15) is 73.1 Å². The monoisotopic (exact) mass is 354 g/mol. The number of amides is 2. The Morgan fingerprint density at radius 3 is 1.50 bits per heavy atom. The second kappa shape index (κ2) is 10.6. The first-order chi connectivity index (χ1) is 12.7. The van der Waals surface area contributed by atoms with E-state index >= 15 is 0 Å². The minimum atomic E-state index is -0.0767. The molecular weight excluding hydrogens is 324 g/mol. The smallest absolute Gasteiger partial charge is 0.251 e. The van der Waals surface area contributed by atoms with Gasteiger partial charge in [-0.2, -0.15) is 0 Å². The number of unbranched alkanes of at least 4 members (excludes halogenated alkanes) is 4. The molecule has 0 fully saturated rings. The van der Waals surface area contributed by atoms with Crippen molar-refractivity contribution >= 4 is 22.6 Å². The van der Waals surface area contributed by atoms with E-state index in [0.29, 0.717) is 24.2 Å². The maximum atomic E-state index is 12.5. The number of hydrogen-bond acceptors (Lipinski definition) is 2. The van der Waals surface area contributed by atoms with E-state index in [1.807, 2.05) is 24.3 Å². The zero-order valence-electron chi connectivity index (χ0n) is 15.9. The quantitative estimate of drug-likeness (QED) is 0.609. The fourth-order valence-electron chi connectivity index (χ4n) is 3.04. The third-order valence-corrected chi connectivity index (χ3v) is 4.55. The Balaban J connectivity index is 2.17. The highest BCUT2D eigenvalue weighted by molar-refractivity contribution is 6.14. The van der Waals surface area contributed by atoms with E-state index in [0.717, 1.165) is 49.3 Å². The molecule has 0 radical (unpaired) electrons. The molecule has 0 aliphatic heterocycles. The zero-order valence-corrected chi connectivity index (χ0v) is 15.9. The molecule has 2 aromatic rings. The number of carbonyl (C=O) groups excluding carboxylic acids is 2. The van der Waals surface area contributed by atoms with Gasteiger partial charge in [0, 0.05) is 24.2 Å². The molecule has 0 aliphatic rings. The molecule has 0 heterocycles. The van der Waals surface area contributed by atoms with Crippen LogP contribution in [-0.4, -0.2) is 24.9 Å². The van der Waals surface area contributed by atoms with E-state index in [2.05, 4.69) is 24.5 Å². The van der Waals surface area contributed by atoms with Gasteiger partial charge in [0.1, 0.15) is 0 Å². The summed E-state index contributed by atoms with van der Waals surface area (Å²) in [6, 6.07) is 11.1. The molecule has 4 nitrogen and oxygen atoms in total. The SMILES string of the molecule is CCCCCNC(=O)c1ccc(C(=O)NCCCCC)c2ccccc12. The summed E-state index contributed by atoms with van der Waals surface area (Å²) < 4.78 is 0. The Kier molecular flexibility index (Phi) is 8.13. The molecule has 0 saturated heterocycles. The molecule has 140 valence electrons. The first kappa shape index (κ1) is 20.0.